The zero-order valence-corrected chi connectivity index (χ0v) is 23.8. The lowest BCUT2D eigenvalue weighted by atomic mass is 9.98. The predicted molar refractivity (Wildman–Crippen MR) is 151 cm³/mol. The first-order valence-electron chi connectivity index (χ1n) is 13.2. The number of carboxylic acids is 1. The highest BCUT2D eigenvalue weighted by Gasteiger charge is 2.36. The lowest BCUT2D eigenvalue weighted by molar-refractivity contribution is -0.151. The number of likely N-dealkylation sites (N-methyl/N-ethyl adjacent to an activating group) is 1. The summed E-state index contributed by atoms with van der Waals surface area (Å²) in [7, 11) is -2.98. The highest BCUT2D eigenvalue weighted by Crippen LogP contribution is 2.21. The van der Waals surface area contributed by atoms with Crippen molar-refractivity contribution < 1.29 is 27.9 Å². The molecule has 13 heteroatoms. The Labute approximate surface area is 234 Å². The number of piperidine rings is 1. The van der Waals surface area contributed by atoms with Crippen LogP contribution in [-0.2, 0) is 24.4 Å². The SMILES string of the molecule is CC(C)[C@@H](C(=O)O)N(C)C(=O)[C@H](CC(=O)NC[C@@H]1CCCN(C(=N)N)C1)NS(=O)(=O)c1ccc2ccccc2c1. The van der Waals surface area contributed by atoms with Gasteiger partial charge in [0.05, 0.1) is 11.3 Å². The number of likely N-dealkylation sites (tertiary alicyclic amines) is 1. The number of amides is 2. The van der Waals surface area contributed by atoms with Gasteiger partial charge >= 0.3 is 5.97 Å². The molecule has 1 saturated heterocycles. The maximum Gasteiger partial charge on any atom is 0.326 e. The molecule has 0 radical (unpaired) electrons. The summed E-state index contributed by atoms with van der Waals surface area (Å²) in [6.07, 6.45) is 1.10. The number of hydrogen-bond donors (Lipinski definition) is 5. The molecule has 0 spiro atoms. The van der Waals surface area contributed by atoms with Crippen LogP contribution in [0.4, 0.5) is 0 Å². The summed E-state index contributed by atoms with van der Waals surface area (Å²) in [6.45, 7) is 4.71. The minimum absolute atomic E-state index is 0.0325. The van der Waals surface area contributed by atoms with Gasteiger partial charge < -0.3 is 26.0 Å². The Kier molecular flexibility index (Phi) is 10.1. The van der Waals surface area contributed by atoms with Gasteiger partial charge in [-0.25, -0.2) is 13.2 Å². The monoisotopic (exact) mass is 574 g/mol. The molecule has 0 saturated carbocycles. The van der Waals surface area contributed by atoms with Crippen molar-refractivity contribution in [1.29, 1.82) is 5.41 Å². The number of benzene rings is 2. The quantitative estimate of drug-likeness (QED) is 0.195. The predicted octanol–water partition coefficient (Wildman–Crippen LogP) is 1.17. The van der Waals surface area contributed by atoms with Crippen LogP contribution < -0.4 is 15.8 Å². The second-order valence-electron chi connectivity index (χ2n) is 10.5. The van der Waals surface area contributed by atoms with Crippen LogP contribution in [0.5, 0.6) is 0 Å². The van der Waals surface area contributed by atoms with E-state index in [0.717, 1.165) is 23.1 Å². The van der Waals surface area contributed by atoms with Crippen LogP contribution in [0.2, 0.25) is 0 Å². The number of aliphatic carboxylic acids is 1. The third-order valence-corrected chi connectivity index (χ3v) is 8.58. The standard InChI is InChI=1S/C27H38N6O6S/c1-17(2)24(26(36)37)32(3)25(35)22(14-23(34)30-15-18-7-6-12-33(16-18)27(28)29)31-40(38,39)21-11-10-19-8-4-5-9-20(19)13-21/h4-5,8-11,13,17-18,22,24,31H,6-7,12,14-16H2,1-3H3,(H3,28,29)(H,30,34)(H,36,37)/t18-,22-,24-/m0/s1. The van der Waals surface area contributed by atoms with Gasteiger partial charge in [0.15, 0.2) is 5.96 Å². The molecule has 0 bridgehead atoms. The van der Waals surface area contributed by atoms with E-state index in [4.69, 9.17) is 11.1 Å². The normalized spacial score (nSPS) is 17.3. The van der Waals surface area contributed by atoms with E-state index in [1.54, 1.807) is 36.9 Å². The van der Waals surface area contributed by atoms with E-state index in [9.17, 15) is 27.9 Å². The average molecular weight is 575 g/mol. The fourth-order valence-corrected chi connectivity index (χ4v) is 6.24. The van der Waals surface area contributed by atoms with E-state index in [1.165, 1.54) is 19.2 Å². The summed E-state index contributed by atoms with van der Waals surface area (Å²) in [5.74, 6) is -3.10. The molecule has 12 nitrogen and oxygen atoms in total. The van der Waals surface area contributed by atoms with E-state index in [-0.39, 0.29) is 23.3 Å². The smallest absolute Gasteiger partial charge is 0.326 e. The Morgan fingerprint density at radius 1 is 1.18 bits per heavy atom. The van der Waals surface area contributed by atoms with Crippen molar-refractivity contribution in [3.8, 4) is 0 Å². The molecule has 1 heterocycles. The number of nitrogens with zero attached hydrogens (tertiary/aromatic N) is 2. The van der Waals surface area contributed by atoms with E-state index in [2.05, 4.69) is 10.0 Å². The van der Waals surface area contributed by atoms with Crippen molar-refractivity contribution in [1.82, 2.24) is 19.8 Å². The van der Waals surface area contributed by atoms with E-state index < -0.39 is 52.2 Å². The van der Waals surface area contributed by atoms with Crippen LogP contribution >= 0.6 is 0 Å². The molecule has 1 fully saturated rings. The zero-order valence-electron chi connectivity index (χ0n) is 23.0. The highest BCUT2D eigenvalue weighted by molar-refractivity contribution is 7.89. The number of nitrogens with one attached hydrogen (secondary N) is 3. The fraction of sp³-hybridized carbons (Fsp3) is 0.481. The molecule has 0 aromatic heterocycles. The van der Waals surface area contributed by atoms with Gasteiger partial charge in [0.2, 0.25) is 21.8 Å². The van der Waals surface area contributed by atoms with Gasteiger partial charge in [0, 0.05) is 26.7 Å². The molecule has 1 aliphatic rings. The molecule has 6 N–H and O–H groups in total. The Morgan fingerprint density at radius 2 is 1.85 bits per heavy atom. The molecule has 218 valence electrons. The van der Waals surface area contributed by atoms with Crippen LogP contribution in [0.25, 0.3) is 10.8 Å². The topological polar surface area (TPSA) is 186 Å². The fourth-order valence-electron chi connectivity index (χ4n) is 5.02. The molecule has 3 atom stereocenters. The number of carboxylic acid groups (broad SMARTS) is 1. The Bertz CT molecular complexity index is 1360. The summed E-state index contributed by atoms with van der Waals surface area (Å²) >= 11 is 0. The summed E-state index contributed by atoms with van der Waals surface area (Å²) < 4.78 is 29.1. The van der Waals surface area contributed by atoms with Gasteiger partial charge in [-0.1, -0.05) is 44.2 Å². The van der Waals surface area contributed by atoms with Crippen LogP contribution in [-0.4, -0.2) is 85.8 Å². The molecule has 40 heavy (non-hydrogen) atoms. The van der Waals surface area contributed by atoms with Crippen LogP contribution in [0.15, 0.2) is 47.4 Å². The number of nitrogens with two attached hydrogens (primary N) is 1. The summed E-state index contributed by atoms with van der Waals surface area (Å²) in [4.78, 5) is 40.9. The molecule has 3 rings (SSSR count). The van der Waals surface area contributed by atoms with Gasteiger partial charge in [-0.2, -0.15) is 4.72 Å². The van der Waals surface area contributed by atoms with Gasteiger partial charge in [0.1, 0.15) is 12.1 Å². The molecule has 2 aromatic carbocycles. The number of rotatable bonds is 11. The second-order valence-corrected chi connectivity index (χ2v) is 12.2. The van der Waals surface area contributed by atoms with E-state index >= 15 is 0 Å². The van der Waals surface area contributed by atoms with Crippen molar-refractivity contribution in [2.45, 2.75) is 50.1 Å². The largest absolute Gasteiger partial charge is 0.480 e. The molecular weight excluding hydrogens is 536 g/mol. The number of sulfonamides is 1. The van der Waals surface area contributed by atoms with Crippen molar-refractivity contribution in [2.24, 2.45) is 17.6 Å². The summed E-state index contributed by atoms with van der Waals surface area (Å²) in [5.41, 5.74) is 5.59. The first-order chi connectivity index (χ1) is 18.8. The summed E-state index contributed by atoms with van der Waals surface area (Å²) in [5, 5.41) is 21.6. The average Bonchev–Trinajstić information content (AvgIpc) is 2.90. The number of fused-ring (bicyclic) bond motifs is 1. The minimum Gasteiger partial charge on any atom is -0.480 e. The van der Waals surface area contributed by atoms with Crippen molar-refractivity contribution in [3.63, 3.8) is 0 Å². The van der Waals surface area contributed by atoms with Crippen LogP contribution in [0, 0.1) is 17.2 Å². The third kappa shape index (κ3) is 7.69. The Balaban J connectivity index is 1.81. The summed E-state index contributed by atoms with van der Waals surface area (Å²) in [6, 6.07) is 8.97. The second kappa shape index (κ2) is 13.1. The van der Waals surface area contributed by atoms with E-state index in [0.29, 0.717) is 18.5 Å². The lowest BCUT2D eigenvalue weighted by Crippen LogP contribution is -2.55. The first kappa shape index (κ1) is 30.8. The van der Waals surface area contributed by atoms with Crippen LogP contribution in [0.3, 0.4) is 0 Å². The zero-order chi connectivity index (χ0) is 29.6. The molecular formula is C27H38N6O6S. The van der Waals surface area contributed by atoms with Crippen LogP contribution in [0.1, 0.15) is 33.1 Å². The minimum atomic E-state index is -4.26. The van der Waals surface area contributed by atoms with Crippen molar-refractivity contribution in [3.05, 3.63) is 42.5 Å². The highest BCUT2D eigenvalue weighted by atomic mass is 32.2. The van der Waals surface area contributed by atoms with Crippen molar-refractivity contribution >= 4 is 44.5 Å². The molecule has 2 aromatic rings. The molecule has 2 amide bonds. The third-order valence-electron chi connectivity index (χ3n) is 7.11. The van der Waals surface area contributed by atoms with Gasteiger partial charge in [0.25, 0.3) is 0 Å². The lowest BCUT2D eigenvalue weighted by Gasteiger charge is -2.33. The van der Waals surface area contributed by atoms with Gasteiger partial charge in [-0.3, -0.25) is 15.0 Å². The first-order valence-corrected chi connectivity index (χ1v) is 14.6. The van der Waals surface area contributed by atoms with E-state index in [1.807, 2.05) is 12.1 Å². The number of carbonyl (C=O) groups is 3. The number of carbonyl (C=O) groups excluding carboxylic acids is 2. The Hall–Kier alpha value is -3.71. The number of guanidine groups is 1. The molecule has 0 unspecified atom stereocenters. The maximum absolute atomic E-state index is 13.5. The Morgan fingerprint density at radius 3 is 2.48 bits per heavy atom. The molecule has 0 aliphatic carbocycles. The number of hydrogen-bond acceptors (Lipinski definition) is 6. The molecule has 1 aliphatic heterocycles. The maximum atomic E-state index is 13.5. The van der Waals surface area contributed by atoms with Gasteiger partial charge in [-0.05, 0) is 47.6 Å². The van der Waals surface area contributed by atoms with Gasteiger partial charge in [-0.15, -0.1) is 0 Å². The van der Waals surface area contributed by atoms with Crippen molar-refractivity contribution in [2.75, 3.05) is 26.7 Å².